The summed E-state index contributed by atoms with van der Waals surface area (Å²) in [6, 6.07) is 13.8. The highest BCUT2D eigenvalue weighted by atomic mass is 19.4. The van der Waals surface area contributed by atoms with Gasteiger partial charge in [0.2, 0.25) is 0 Å². The lowest BCUT2D eigenvalue weighted by atomic mass is 10.0. The van der Waals surface area contributed by atoms with Crippen molar-refractivity contribution in [2.75, 3.05) is 0 Å². The van der Waals surface area contributed by atoms with Crippen LogP contribution in [0.3, 0.4) is 0 Å². The normalized spacial score (nSPS) is 12.1. The largest absolute Gasteiger partial charge is 0.507 e. The first-order chi connectivity index (χ1) is 17.7. The Labute approximate surface area is 211 Å². The molecule has 0 atom stereocenters. The maximum atomic E-state index is 13.2. The van der Waals surface area contributed by atoms with Crippen molar-refractivity contribution in [1.82, 2.24) is 9.88 Å². The van der Waals surface area contributed by atoms with Crippen molar-refractivity contribution in [2.24, 2.45) is 5.73 Å². The standard InChI is InChI=1S/C26H20F6N4O2/c27-25(28,29)17-8-15(9-18(10-17)26(30,31)32)12-35-24(38)21-11-19-20(5-2-6-22(19)37)36(21)13-14-3-1-4-16(7-14)23(33)34/h1-11,37H,12-13H2,(H3,33,34)(H,35,38). The lowest BCUT2D eigenvalue weighted by Crippen LogP contribution is -2.26. The maximum absolute atomic E-state index is 13.2. The minimum absolute atomic E-state index is 0.0118. The lowest BCUT2D eigenvalue weighted by Gasteiger charge is -2.15. The molecule has 4 rings (SSSR count). The number of amidine groups is 1. The highest BCUT2D eigenvalue weighted by Crippen LogP contribution is 2.36. The third-order valence-electron chi connectivity index (χ3n) is 5.83. The summed E-state index contributed by atoms with van der Waals surface area (Å²) in [5, 5.41) is 20.6. The Kier molecular flexibility index (Phi) is 6.83. The third-order valence-corrected chi connectivity index (χ3v) is 5.83. The summed E-state index contributed by atoms with van der Waals surface area (Å²) in [6.07, 6.45) is -10.0. The van der Waals surface area contributed by atoms with Gasteiger partial charge in [-0.05, 0) is 53.6 Å². The van der Waals surface area contributed by atoms with E-state index in [1.54, 1.807) is 36.4 Å². The molecule has 1 aromatic heterocycles. The first-order valence-electron chi connectivity index (χ1n) is 11.0. The molecule has 0 saturated heterocycles. The highest BCUT2D eigenvalue weighted by Gasteiger charge is 2.37. The Hall–Kier alpha value is -4.48. The van der Waals surface area contributed by atoms with Crippen molar-refractivity contribution in [3.05, 3.63) is 100 Å². The summed E-state index contributed by atoms with van der Waals surface area (Å²) < 4.78 is 80.7. The maximum Gasteiger partial charge on any atom is 0.416 e. The molecule has 0 unspecified atom stereocenters. The zero-order valence-electron chi connectivity index (χ0n) is 19.4. The first-order valence-corrected chi connectivity index (χ1v) is 11.0. The Morgan fingerprint density at radius 1 is 0.895 bits per heavy atom. The van der Waals surface area contributed by atoms with Crippen molar-refractivity contribution in [3.8, 4) is 5.75 Å². The number of aromatic nitrogens is 1. The number of hydrogen-bond donors (Lipinski definition) is 4. The number of amides is 1. The lowest BCUT2D eigenvalue weighted by molar-refractivity contribution is -0.143. The molecule has 0 aliphatic heterocycles. The van der Waals surface area contributed by atoms with E-state index < -0.39 is 35.9 Å². The predicted octanol–water partition coefficient (Wildman–Crippen LogP) is 5.65. The van der Waals surface area contributed by atoms with E-state index in [9.17, 15) is 36.2 Å². The molecule has 0 radical (unpaired) electrons. The fraction of sp³-hybridized carbons (Fsp3) is 0.154. The Balaban J connectivity index is 1.69. The third kappa shape index (κ3) is 5.58. The second-order valence-corrected chi connectivity index (χ2v) is 8.54. The van der Waals surface area contributed by atoms with Crippen LogP contribution in [-0.4, -0.2) is 21.4 Å². The van der Waals surface area contributed by atoms with E-state index in [1.165, 1.54) is 16.7 Å². The summed E-state index contributed by atoms with van der Waals surface area (Å²) in [5.41, 5.74) is 3.76. The number of benzene rings is 3. The molecule has 5 N–H and O–H groups in total. The topological polar surface area (TPSA) is 104 Å². The number of nitrogens with one attached hydrogen (secondary N) is 2. The minimum Gasteiger partial charge on any atom is -0.507 e. The molecule has 1 amide bonds. The van der Waals surface area contributed by atoms with Crippen molar-refractivity contribution in [3.63, 3.8) is 0 Å². The van der Waals surface area contributed by atoms with Crippen LogP contribution in [0.15, 0.2) is 66.7 Å². The number of halogens is 6. The Morgan fingerprint density at radius 2 is 1.53 bits per heavy atom. The molecule has 0 fully saturated rings. The first kappa shape index (κ1) is 26.6. The molecule has 0 bridgehead atoms. The van der Waals surface area contributed by atoms with E-state index >= 15 is 0 Å². The molecule has 38 heavy (non-hydrogen) atoms. The average molecular weight is 534 g/mol. The number of nitrogen functional groups attached to an aromatic ring is 1. The van der Waals surface area contributed by atoms with Gasteiger partial charge in [0.1, 0.15) is 17.3 Å². The smallest absolute Gasteiger partial charge is 0.416 e. The van der Waals surface area contributed by atoms with Crippen molar-refractivity contribution >= 4 is 22.6 Å². The number of phenols is 1. The van der Waals surface area contributed by atoms with Gasteiger partial charge in [0, 0.05) is 24.0 Å². The molecule has 0 saturated carbocycles. The number of alkyl halides is 6. The van der Waals surface area contributed by atoms with Crippen LogP contribution in [0.4, 0.5) is 26.3 Å². The zero-order chi connectivity index (χ0) is 27.8. The number of carbonyl (C=O) groups excluding carboxylic acids is 1. The van der Waals surface area contributed by atoms with Crippen molar-refractivity contribution in [1.29, 1.82) is 5.41 Å². The van der Waals surface area contributed by atoms with Gasteiger partial charge in [-0.15, -0.1) is 0 Å². The monoisotopic (exact) mass is 534 g/mol. The van der Waals surface area contributed by atoms with Crippen LogP contribution in [0, 0.1) is 5.41 Å². The predicted molar refractivity (Wildman–Crippen MR) is 128 cm³/mol. The molecule has 6 nitrogen and oxygen atoms in total. The van der Waals surface area contributed by atoms with Gasteiger partial charge in [-0.1, -0.05) is 24.3 Å². The molecule has 4 aromatic rings. The fourth-order valence-corrected chi connectivity index (χ4v) is 4.04. The number of phenolic OH excluding ortho intramolecular Hbond substituents is 1. The summed E-state index contributed by atoms with van der Waals surface area (Å²) in [7, 11) is 0. The minimum atomic E-state index is -5.02. The van der Waals surface area contributed by atoms with E-state index in [0.29, 0.717) is 34.2 Å². The Morgan fingerprint density at radius 3 is 2.13 bits per heavy atom. The van der Waals surface area contributed by atoms with Crippen LogP contribution < -0.4 is 11.1 Å². The summed E-state index contributed by atoms with van der Waals surface area (Å²) in [5.74, 6) is -1.08. The molecule has 3 aromatic carbocycles. The van der Waals surface area contributed by atoms with Gasteiger partial charge in [-0.3, -0.25) is 10.2 Å². The molecule has 0 aliphatic rings. The number of carbonyl (C=O) groups is 1. The van der Waals surface area contributed by atoms with E-state index in [-0.39, 0.29) is 35.5 Å². The molecule has 1 heterocycles. The van der Waals surface area contributed by atoms with Gasteiger partial charge < -0.3 is 20.7 Å². The van der Waals surface area contributed by atoms with Gasteiger partial charge in [0.15, 0.2) is 0 Å². The molecule has 198 valence electrons. The number of fused-ring (bicyclic) bond motifs is 1. The number of rotatable bonds is 6. The van der Waals surface area contributed by atoms with Gasteiger partial charge in [0.25, 0.3) is 5.91 Å². The second kappa shape index (κ2) is 9.77. The number of nitrogens with two attached hydrogens (primary N) is 1. The number of hydrogen-bond acceptors (Lipinski definition) is 3. The molecule has 12 heteroatoms. The van der Waals surface area contributed by atoms with Gasteiger partial charge in [0.05, 0.1) is 16.6 Å². The van der Waals surface area contributed by atoms with Crippen LogP contribution in [0.1, 0.15) is 38.3 Å². The summed E-state index contributed by atoms with van der Waals surface area (Å²) in [6.45, 7) is -0.516. The molecular weight excluding hydrogens is 514 g/mol. The summed E-state index contributed by atoms with van der Waals surface area (Å²) in [4.78, 5) is 13.1. The van der Waals surface area contributed by atoms with Gasteiger partial charge in [-0.2, -0.15) is 26.3 Å². The average Bonchev–Trinajstić information content (AvgIpc) is 3.21. The zero-order valence-corrected chi connectivity index (χ0v) is 19.4. The highest BCUT2D eigenvalue weighted by molar-refractivity contribution is 6.00. The molecule has 0 spiro atoms. The van der Waals surface area contributed by atoms with E-state index in [0.717, 1.165) is 0 Å². The van der Waals surface area contributed by atoms with Gasteiger partial charge >= 0.3 is 12.4 Å². The Bertz CT molecular complexity index is 1510. The van der Waals surface area contributed by atoms with Gasteiger partial charge in [-0.25, -0.2) is 0 Å². The van der Waals surface area contributed by atoms with E-state index in [1.807, 2.05) is 0 Å². The van der Waals surface area contributed by atoms with Crippen LogP contribution in [0.25, 0.3) is 10.9 Å². The molecular formula is C26H20F6N4O2. The van der Waals surface area contributed by atoms with E-state index in [2.05, 4.69) is 5.32 Å². The van der Waals surface area contributed by atoms with Crippen molar-refractivity contribution < 1.29 is 36.2 Å². The van der Waals surface area contributed by atoms with Crippen LogP contribution >= 0.6 is 0 Å². The van der Waals surface area contributed by atoms with E-state index in [4.69, 9.17) is 11.1 Å². The SMILES string of the molecule is N=C(N)c1cccc(Cn2c(C(=O)NCc3cc(C(F)(F)F)cc(C(F)(F)F)c3)cc3c(O)cccc32)c1. The quantitative estimate of drug-likeness (QED) is 0.146. The second-order valence-electron chi connectivity index (χ2n) is 8.54. The summed E-state index contributed by atoms with van der Waals surface area (Å²) >= 11 is 0. The van der Waals surface area contributed by atoms with Crippen molar-refractivity contribution in [2.45, 2.75) is 25.4 Å². The number of aromatic hydroxyl groups is 1. The van der Waals surface area contributed by atoms with Crippen LogP contribution in [0.5, 0.6) is 5.75 Å². The van der Waals surface area contributed by atoms with Crippen LogP contribution in [-0.2, 0) is 25.4 Å². The molecule has 0 aliphatic carbocycles. The number of nitrogens with zero attached hydrogens (tertiary/aromatic N) is 1. The van der Waals surface area contributed by atoms with Crippen LogP contribution in [0.2, 0.25) is 0 Å². The fourth-order valence-electron chi connectivity index (χ4n) is 4.04.